The number of para-hydroxylation sites is 1. The van der Waals surface area contributed by atoms with Crippen molar-refractivity contribution < 1.29 is 8.42 Å². The van der Waals surface area contributed by atoms with Gasteiger partial charge in [0.2, 0.25) is 0 Å². The van der Waals surface area contributed by atoms with Crippen LogP contribution in [0.4, 0.5) is 5.69 Å². The van der Waals surface area contributed by atoms with Gasteiger partial charge in [0.25, 0.3) is 0 Å². The molecule has 0 fully saturated rings. The number of H-pyrrole nitrogens is 1. The van der Waals surface area contributed by atoms with Gasteiger partial charge in [0.15, 0.2) is 9.84 Å². The quantitative estimate of drug-likeness (QED) is 0.886. The predicted octanol–water partition coefficient (Wildman–Crippen LogP) is 1.99. The maximum atomic E-state index is 11.7. The van der Waals surface area contributed by atoms with Crippen molar-refractivity contribution >= 4 is 15.5 Å². The summed E-state index contributed by atoms with van der Waals surface area (Å²) in [6.45, 7) is 1.91. The molecular weight excluding hydrogens is 250 g/mol. The van der Waals surface area contributed by atoms with E-state index < -0.39 is 9.84 Å². The van der Waals surface area contributed by atoms with Crippen molar-refractivity contribution in [2.45, 2.75) is 17.9 Å². The van der Waals surface area contributed by atoms with Crippen LogP contribution in [-0.4, -0.2) is 24.6 Å². The summed E-state index contributed by atoms with van der Waals surface area (Å²) in [5.41, 5.74) is 0.587. The fourth-order valence-corrected chi connectivity index (χ4v) is 2.58. The predicted molar refractivity (Wildman–Crippen MR) is 70.2 cm³/mol. The zero-order valence-electron chi connectivity index (χ0n) is 10.2. The number of benzene rings is 1. The maximum absolute atomic E-state index is 11.7. The molecule has 0 bridgehead atoms. The third-order valence-electron chi connectivity index (χ3n) is 2.59. The van der Waals surface area contributed by atoms with E-state index in [2.05, 4.69) is 15.3 Å². The lowest BCUT2D eigenvalue weighted by molar-refractivity contribution is 0.602. The van der Waals surface area contributed by atoms with Crippen LogP contribution in [0.2, 0.25) is 0 Å². The van der Waals surface area contributed by atoms with Gasteiger partial charge in [0.1, 0.15) is 5.82 Å². The van der Waals surface area contributed by atoms with Crippen LogP contribution >= 0.6 is 0 Å². The molecule has 18 heavy (non-hydrogen) atoms. The van der Waals surface area contributed by atoms with E-state index in [1.807, 2.05) is 6.92 Å². The molecule has 1 unspecified atom stereocenters. The maximum Gasteiger partial charge on any atom is 0.177 e. The van der Waals surface area contributed by atoms with Gasteiger partial charge in [-0.1, -0.05) is 12.1 Å². The summed E-state index contributed by atoms with van der Waals surface area (Å²) in [5.74, 6) is 0.762. The Labute approximate surface area is 106 Å². The Morgan fingerprint density at radius 2 is 2.06 bits per heavy atom. The van der Waals surface area contributed by atoms with Crippen molar-refractivity contribution in [3.63, 3.8) is 0 Å². The topological polar surface area (TPSA) is 74.8 Å². The standard InChI is InChI=1S/C12H15N3O2S/c1-9(12-13-7-8-14-12)15-10-5-3-4-6-11(10)18(2,16)17/h3-9,15H,1-2H3,(H,13,14). The van der Waals surface area contributed by atoms with Crippen LogP contribution in [0.3, 0.4) is 0 Å². The number of anilines is 1. The first-order valence-electron chi connectivity index (χ1n) is 5.53. The van der Waals surface area contributed by atoms with Crippen LogP contribution in [0.25, 0.3) is 0 Å². The normalized spacial score (nSPS) is 13.2. The lowest BCUT2D eigenvalue weighted by atomic mass is 10.2. The summed E-state index contributed by atoms with van der Waals surface area (Å²) in [4.78, 5) is 7.42. The zero-order valence-corrected chi connectivity index (χ0v) is 11.0. The molecule has 2 aromatic rings. The summed E-state index contributed by atoms with van der Waals surface area (Å²) >= 11 is 0. The van der Waals surface area contributed by atoms with Gasteiger partial charge in [-0.2, -0.15) is 0 Å². The monoisotopic (exact) mass is 265 g/mol. The van der Waals surface area contributed by atoms with Gasteiger partial charge < -0.3 is 10.3 Å². The summed E-state index contributed by atoms with van der Waals surface area (Å²) < 4.78 is 23.3. The molecule has 0 saturated carbocycles. The van der Waals surface area contributed by atoms with Gasteiger partial charge in [-0.05, 0) is 19.1 Å². The third kappa shape index (κ3) is 2.70. The van der Waals surface area contributed by atoms with Crippen molar-refractivity contribution in [2.24, 2.45) is 0 Å². The number of sulfone groups is 1. The average Bonchev–Trinajstić information content (AvgIpc) is 2.81. The van der Waals surface area contributed by atoms with Gasteiger partial charge in [0, 0.05) is 18.6 Å². The van der Waals surface area contributed by atoms with E-state index in [0.29, 0.717) is 10.6 Å². The summed E-state index contributed by atoms with van der Waals surface area (Å²) in [6.07, 6.45) is 4.59. The van der Waals surface area contributed by atoms with Crippen LogP contribution < -0.4 is 5.32 Å². The number of nitrogens with zero attached hydrogens (tertiary/aromatic N) is 1. The average molecular weight is 265 g/mol. The molecule has 1 heterocycles. The molecule has 0 saturated heterocycles. The molecule has 0 spiro atoms. The van der Waals surface area contributed by atoms with Crippen LogP contribution in [-0.2, 0) is 9.84 Å². The second-order valence-corrected chi connectivity index (χ2v) is 6.09. The second-order valence-electron chi connectivity index (χ2n) is 4.11. The van der Waals surface area contributed by atoms with E-state index in [4.69, 9.17) is 0 Å². The molecule has 1 atom stereocenters. The fourth-order valence-electron chi connectivity index (χ4n) is 1.73. The summed E-state index contributed by atoms with van der Waals surface area (Å²) in [6, 6.07) is 6.75. The number of aromatic nitrogens is 2. The van der Waals surface area contributed by atoms with Gasteiger partial charge in [-0.25, -0.2) is 13.4 Å². The number of rotatable bonds is 4. The molecule has 0 aliphatic rings. The van der Waals surface area contributed by atoms with Gasteiger partial charge in [-0.3, -0.25) is 0 Å². The summed E-state index contributed by atoms with van der Waals surface area (Å²) in [7, 11) is -3.24. The molecule has 0 aliphatic heterocycles. The first-order valence-corrected chi connectivity index (χ1v) is 7.42. The van der Waals surface area contributed by atoms with E-state index in [0.717, 1.165) is 5.82 Å². The molecule has 0 aliphatic carbocycles. The molecule has 96 valence electrons. The second kappa shape index (κ2) is 4.81. The Hall–Kier alpha value is -1.82. The lowest BCUT2D eigenvalue weighted by Gasteiger charge is -2.15. The number of nitrogens with one attached hydrogen (secondary N) is 2. The van der Waals surface area contributed by atoms with Crippen molar-refractivity contribution in [1.82, 2.24) is 9.97 Å². The number of imidazole rings is 1. The third-order valence-corrected chi connectivity index (χ3v) is 3.74. The van der Waals surface area contributed by atoms with Crippen LogP contribution in [0, 0.1) is 0 Å². The summed E-state index contributed by atoms with van der Waals surface area (Å²) in [5, 5.41) is 3.15. The molecule has 2 N–H and O–H groups in total. The van der Waals surface area contributed by atoms with Crippen molar-refractivity contribution in [2.75, 3.05) is 11.6 Å². The van der Waals surface area contributed by atoms with Crippen molar-refractivity contribution in [3.8, 4) is 0 Å². The first-order chi connectivity index (χ1) is 8.48. The van der Waals surface area contributed by atoms with Gasteiger partial charge >= 0.3 is 0 Å². The molecular formula is C12H15N3O2S. The first kappa shape index (κ1) is 12.6. The smallest absolute Gasteiger partial charge is 0.177 e. The Morgan fingerprint density at radius 1 is 1.33 bits per heavy atom. The Kier molecular flexibility index (Phi) is 3.38. The molecule has 2 rings (SSSR count). The molecule has 5 nitrogen and oxygen atoms in total. The van der Waals surface area contributed by atoms with Crippen molar-refractivity contribution in [1.29, 1.82) is 0 Å². The lowest BCUT2D eigenvalue weighted by Crippen LogP contribution is -2.11. The van der Waals surface area contributed by atoms with E-state index in [-0.39, 0.29) is 6.04 Å². The minimum atomic E-state index is -3.24. The van der Waals surface area contributed by atoms with Crippen molar-refractivity contribution in [3.05, 3.63) is 42.5 Å². The Bertz CT molecular complexity index is 621. The minimum absolute atomic E-state index is 0.0945. The molecule has 0 amide bonds. The van der Waals surface area contributed by atoms with Gasteiger partial charge in [0.05, 0.1) is 16.6 Å². The van der Waals surface area contributed by atoms with E-state index in [1.54, 1.807) is 36.7 Å². The largest absolute Gasteiger partial charge is 0.374 e. The Morgan fingerprint density at radius 3 is 2.67 bits per heavy atom. The van der Waals surface area contributed by atoms with Crippen LogP contribution in [0.5, 0.6) is 0 Å². The SMILES string of the molecule is CC(Nc1ccccc1S(C)(=O)=O)c1ncc[nH]1. The molecule has 0 radical (unpaired) electrons. The van der Waals surface area contributed by atoms with Crippen LogP contribution in [0.15, 0.2) is 41.6 Å². The highest BCUT2D eigenvalue weighted by atomic mass is 32.2. The zero-order chi connectivity index (χ0) is 13.2. The molecule has 1 aromatic heterocycles. The number of hydrogen-bond acceptors (Lipinski definition) is 4. The van der Waals surface area contributed by atoms with Gasteiger partial charge in [-0.15, -0.1) is 0 Å². The van der Waals surface area contributed by atoms with E-state index in [9.17, 15) is 8.42 Å². The highest BCUT2D eigenvalue weighted by Gasteiger charge is 2.15. The van der Waals surface area contributed by atoms with E-state index >= 15 is 0 Å². The fraction of sp³-hybridized carbons (Fsp3) is 0.250. The minimum Gasteiger partial charge on any atom is -0.374 e. The molecule has 6 heteroatoms. The molecule has 1 aromatic carbocycles. The Balaban J connectivity index is 2.30. The van der Waals surface area contributed by atoms with Crippen LogP contribution in [0.1, 0.15) is 18.8 Å². The van der Waals surface area contributed by atoms with E-state index in [1.165, 1.54) is 6.26 Å². The highest BCUT2D eigenvalue weighted by molar-refractivity contribution is 7.90. The number of aromatic amines is 1. The number of hydrogen-bond donors (Lipinski definition) is 2. The highest BCUT2D eigenvalue weighted by Crippen LogP contribution is 2.24.